The summed E-state index contributed by atoms with van der Waals surface area (Å²) in [5.41, 5.74) is -0.727. The maximum Gasteiger partial charge on any atom is 0.415 e. The lowest BCUT2D eigenvalue weighted by Crippen LogP contribution is -2.40. The fourth-order valence-corrected chi connectivity index (χ4v) is 2.45. The third-order valence-electron chi connectivity index (χ3n) is 2.78. The maximum absolute atomic E-state index is 12.3. The van der Waals surface area contributed by atoms with Crippen molar-refractivity contribution < 1.29 is 32.6 Å². The van der Waals surface area contributed by atoms with Gasteiger partial charge in [0.25, 0.3) is 0 Å². The first-order valence-electron chi connectivity index (χ1n) is 6.95. The van der Waals surface area contributed by atoms with Gasteiger partial charge in [-0.05, 0) is 32.9 Å². The molecule has 1 amide bonds. The number of carboxylic acid groups (broad SMARTS) is 1. The molecule has 1 N–H and O–H groups in total. The summed E-state index contributed by atoms with van der Waals surface area (Å²) in [5, 5.41) is 9.05. The van der Waals surface area contributed by atoms with Crippen molar-refractivity contribution in [2.75, 3.05) is 24.8 Å². The van der Waals surface area contributed by atoms with Crippen molar-refractivity contribution in [2.24, 2.45) is 0 Å². The van der Waals surface area contributed by atoms with Gasteiger partial charge in [0.05, 0.1) is 17.7 Å². The lowest BCUT2D eigenvalue weighted by Gasteiger charge is -2.27. The van der Waals surface area contributed by atoms with Gasteiger partial charge in [0.15, 0.2) is 9.84 Å². The number of anilines is 1. The Morgan fingerprint density at radius 3 is 2.25 bits per heavy atom. The molecule has 0 fully saturated rings. The molecule has 0 radical (unpaired) electrons. The van der Waals surface area contributed by atoms with Crippen molar-refractivity contribution in [2.45, 2.75) is 31.3 Å². The van der Waals surface area contributed by atoms with E-state index in [0.717, 1.165) is 11.2 Å². The number of methoxy groups -OCH3 is 1. The molecule has 9 heteroatoms. The molecule has 0 aliphatic carbocycles. The van der Waals surface area contributed by atoms with Crippen LogP contribution in [0.4, 0.5) is 10.5 Å². The number of sulfone groups is 1. The van der Waals surface area contributed by atoms with E-state index < -0.39 is 34.0 Å². The summed E-state index contributed by atoms with van der Waals surface area (Å²) >= 11 is 0. The molecule has 8 nitrogen and oxygen atoms in total. The minimum atomic E-state index is -3.48. The normalized spacial score (nSPS) is 11.7. The monoisotopic (exact) mass is 359 g/mol. The van der Waals surface area contributed by atoms with E-state index in [1.807, 2.05) is 0 Å². The summed E-state index contributed by atoms with van der Waals surface area (Å²) < 4.78 is 33.6. The highest BCUT2D eigenvalue weighted by Crippen LogP contribution is 2.32. The highest BCUT2D eigenvalue weighted by atomic mass is 32.2. The number of aliphatic carboxylic acids is 1. The van der Waals surface area contributed by atoms with Crippen molar-refractivity contribution in [1.82, 2.24) is 0 Å². The van der Waals surface area contributed by atoms with Gasteiger partial charge in [0.2, 0.25) is 0 Å². The van der Waals surface area contributed by atoms with Crippen molar-refractivity contribution in [3.63, 3.8) is 0 Å². The van der Waals surface area contributed by atoms with Crippen LogP contribution in [0.5, 0.6) is 5.75 Å². The van der Waals surface area contributed by atoms with Crippen molar-refractivity contribution in [3.05, 3.63) is 18.2 Å². The van der Waals surface area contributed by atoms with Gasteiger partial charge in [0.1, 0.15) is 17.9 Å². The van der Waals surface area contributed by atoms with E-state index >= 15 is 0 Å². The maximum atomic E-state index is 12.3. The average molecular weight is 359 g/mol. The van der Waals surface area contributed by atoms with Crippen LogP contribution in [-0.4, -0.2) is 51.1 Å². The highest BCUT2D eigenvalue weighted by molar-refractivity contribution is 7.90. The zero-order valence-electron chi connectivity index (χ0n) is 14.2. The number of hydrogen-bond acceptors (Lipinski definition) is 6. The van der Waals surface area contributed by atoms with Gasteiger partial charge >= 0.3 is 12.1 Å². The first kappa shape index (κ1) is 19.8. The Kier molecular flexibility index (Phi) is 5.83. The van der Waals surface area contributed by atoms with Crippen LogP contribution in [-0.2, 0) is 19.4 Å². The Morgan fingerprint density at radius 2 is 1.83 bits per heavy atom. The van der Waals surface area contributed by atoms with Crippen LogP contribution >= 0.6 is 0 Å². The second-order valence-electron chi connectivity index (χ2n) is 6.07. The molecule has 0 spiro atoms. The molecule has 0 unspecified atom stereocenters. The summed E-state index contributed by atoms with van der Waals surface area (Å²) in [6, 6.07) is 3.80. The predicted molar refractivity (Wildman–Crippen MR) is 87.3 cm³/mol. The molecule has 0 aromatic heterocycles. The minimum absolute atomic E-state index is 0.0115. The molecule has 0 aliphatic rings. The van der Waals surface area contributed by atoms with E-state index in [9.17, 15) is 18.0 Å². The Hall–Kier alpha value is -2.29. The topological polar surface area (TPSA) is 110 Å². The van der Waals surface area contributed by atoms with Crippen LogP contribution in [0.1, 0.15) is 20.8 Å². The number of carbonyl (C=O) groups is 2. The molecule has 1 aromatic rings. The third kappa shape index (κ3) is 5.41. The molecule has 134 valence electrons. The van der Waals surface area contributed by atoms with E-state index in [-0.39, 0.29) is 16.3 Å². The molecule has 0 saturated heterocycles. The first-order chi connectivity index (χ1) is 10.8. The Balaban J connectivity index is 3.37. The standard InChI is InChI=1S/C15H21NO7S/c1-15(2,3)23-14(19)16(9-13(17)18)11-7-6-10(24(5,20)21)8-12(11)22-4/h6-8H,9H2,1-5H3,(H,17,18). The van der Waals surface area contributed by atoms with Gasteiger partial charge < -0.3 is 14.6 Å². The molecular formula is C15H21NO7S. The zero-order valence-corrected chi connectivity index (χ0v) is 15.0. The molecule has 24 heavy (non-hydrogen) atoms. The Bertz CT molecular complexity index is 735. The second kappa shape index (κ2) is 7.08. The van der Waals surface area contributed by atoms with Crippen molar-refractivity contribution >= 4 is 27.6 Å². The van der Waals surface area contributed by atoms with Crippen LogP contribution in [0.3, 0.4) is 0 Å². The smallest absolute Gasteiger partial charge is 0.415 e. The van der Waals surface area contributed by atoms with Crippen molar-refractivity contribution in [3.8, 4) is 5.75 Å². The largest absolute Gasteiger partial charge is 0.495 e. The summed E-state index contributed by atoms with van der Waals surface area (Å²) in [4.78, 5) is 24.3. The number of hydrogen-bond donors (Lipinski definition) is 1. The van der Waals surface area contributed by atoms with Crippen LogP contribution in [0.15, 0.2) is 23.1 Å². The number of benzene rings is 1. The predicted octanol–water partition coefficient (Wildman–Crippen LogP) is 1.92. The molecule has 1 rings (SSSR count). The van der Waals surface area contributed by atoms with Gasteiger partial charge in [-0.25, -0.2) is 13.2 Å². The second-order valence-corrected chi connectivity index (χ2v) is 8.08. The summed E-state index contributed by atoms with van der Waals surface area (Å²) in [6.45, 7) is 4.28. The van der Waals surface area contributed by atoms with Gasteiger partial charge in [0, 0.05) is 12.3 Å². The fourth-order valence-electron chi connectivity index (χ4n) is 1.81. The lowest BCUT2D eigenvalue weighted by atomic mass is 10.2. The lowest BCUT2D eigenvalue weighted by molar-refractivity contribution is -0.135. The minimum Gasteiger partial charge on any atom is -0.495 e. The summed E-state index contributed by atoms with van der Waals surface area (Å²) in [7, 11) is -2.19. The van der Waals surface area contributed by atoms with Crippen LogP contribution in [0, 0.1) is 0 Å². The van der Waals surface area contributed by atoms with E-state index in [4.69, 9.17) is 14.6 Å². The van der Waals surface area contributed by atoms with Gasteiger partial charge in [-0.2, -0.15) is 0 Å². The number of carbonyl (C=O) groups excluding carboxylic acids is 1. The molecule has 0 heterocycles. The first-order valence-corrected chi connectivity index (χ1v) is 8.84. The molecule has 0 saturated carbocycles. The molecule has 0 atom stereocenters. The van der Waals surface area contributed by atoms with E-state index in [1.54, 1.807) is 20.8 Å². The van der Waals surface area contributed by atoms with Crippen molar-refractivity contribution in [1.29, 1.82) is 0 Å². The number of carboxylic acids is 1. The van der Waals surface area contributed by atoms with Gasteiger partial charge in [-0.15, -0.1) is 0 Å². The van der Waals surface area contributed by atoms with Gasteiger partial charge in [-0.3, -0.25) is 9.69 Å². The summed E-state index contributed by atoms with van der Waals surface area (Å²) in [6.07, 6.45) is 0.153. The quantitative estimate of drug-likeness (QED) is 0.855. The Labute approximate surface area is 140 Å². The molecule has 1 aromatic carbocycles. The fraction of sp³-hybridized carbons (Fsp3) is 0.467. The SMILES string of the molecule is COc1cc(S(C)(=O)=O)ccc1N(CC(=O)O)C(=O)OC(C)(C)C. The Morgan fingerprint density at radius 1 is 1.25 bits per heavy atom. The van der Waals surface area contributed by atoms with Crippen LogP contribution in [0.2, 0.25) is 0 Å². The molecule has 0 aliphatic heterocycles. The molecule has 0 bridgehead atoms. The van der Waals surface area contributed by atoms with E-state index in [2.05, 4.69) is 0 Å². The van der Waals surface area contributed by atoms with E-state index in [0.29, 0.717) is 0 Å². The van der Waals surface area contributed by atoms with Gasteiger partial charge in [-0.1, -0.05) is 0 Å². The van der Waals surface area contributed by atoms with Crippen LogP contribution < -0.4 is 9.64 Å². The molecular weight excluding hydrogens is 338 g/mol. The third-order valence-corrected chi connectivity index (χ3v) is 3.89. The number of nitrogens with zero attached hydrogens (tertiary/aromatic N) is 1. The van der Waals surface area contributed by atoms with E-state index in [1.165, 1.54) is 25.3 Å². The van der Waals surface area contributed by atoms with Crippen LogP contribution in [0.25, 0.3) is 0 Å². The number of amides is 1. The highest BCUT2D eigenvalue weighted by Gasteiger charge is 2.28. The average Bonchev–Trinajstić information content (AvgIpc) is 2.41. The zero-order chi connectivity index (χ0) is 18.7. The number of ether oxygens (including phenoxy) is 2. The summed E-state index contributed by atoms with van der Waals surface area (Å²) in [5.74, 6) is -1.21. The number of rotatable bonds is 5.